The molecule has 1 heterocycles. The number of phenolic OH excluding ortho intramolecular Hbond substituents is 1. The SMILES string of the molecule is CSc1nc(C)c(Cc2cc(Br)ccc2O)c(=O)[nH]1. The van der Waals surface area contributed by atoms with E-state index >= 15 is 0 Å². The van der Waals surface area contributed by atoms with E-state index in [9.17, 15) is 9.90 Å². The first kappa shape index (κ1) is 14.1. The van der Waals surface area contributed by atoms with E-state index in [-0.39, 0.29) is 11.3 Å². The summed E-state index contributed by atoms with van der Waals surface area (Å²) >= 11 is 4.75. The second-order valence-corrected chi connectivity index (χ2v) is 5.80. The van der Waals surface area contributed by atoms with Gasteiger partial charge in [0.1, 0.15) is 5.75 Å². The van der Waals surface area contributed by atoms with Crippen molar-refractivity contribution in [3.63, 3.8) is 0 Å². The first-order valence-electron chi connectivity index (χ1n) is 5.62. The molecule has 0 atom stereocenters. The molecule has 0 saturated heterocycles. The second kappa shape index (κ2) is 5.79. The van der Waals surface area contributed by atoms with Crippen LogP contribution in [0.3, 0.4) is 0 Å². The van der Waals surface area contributed by atoms with Crippen LogP contribution in [0.1, 0.15) is 16.8 Å². The van der Waals surface area contributed by atoms with Crippen LogP contribution in [0, 0.1) is 6.92 Å². The maximum Gasteiger partial charge on any atom is 0.255 e. The second-order valence-electron chi connectivity index (χ2n) is 4.09. The third kappa shape index (κ3) is 3.19. The molecule has 0 radical (unpaired) electrons. The van der Waals surface area contributed by atoms with Crippen molar-refractivity contribution in [1.29, 1.82) is 0 Å². The number of rotatable bonds is 3. The van der Waals surface area contributed by atoms with Gasteiger partial charge in [0, 0.05) is 22.2 Å². The molecule has 0 aliphatic heterocycles. The number of aromatic amines is 1. The average Bonchev–Trinajstić information content (AvgIpc) is 2.37. The van der Waals surface area contributed by atoms with Crippen LogP contribution < -0.4 is 5.56 Å². The van der Waals surface area contributed by atoms with Gasteiger partial charge in [-0.05, 0) is 36.9 Å². The Morgan fingerprint density at radius 3 is 2.84 bits per heavy atom. The van der Waals surface area contributed by atoms with Gasteiger partial charge in [-0.3, -0.25) is 4.79 Å². The normalized spacial score (nSPS) is 10.7. The van der Waals surface area contributed by atoms with E-state index in [4.69, 9.17) is 0 Å². The number of halogens is 1. The lowest BCUT2D eigenvalue weighted by molar-refractivity contribution is 0.469. The third-order valence-electron chi connectivity index (χ3n) is 2.80. The van der Waals surface area contributed by atoms with Gasteiger partial charge in [-0.15, -0.1) is 0 Å². The molecule has 0 fully saturated rings. The quantitative estimate of drug-likeness (QED) is 0.666. The van der Waals surface area contributed by atoms with E-state index in [0.29, 0.717) is 28.4 Å². The smallest absolute Gasteiger partial charge is 0.255 e. The Morgan fingerprint density at radius 2 is 2.21 bits per heavy atom. The zero-order chi connectivity index (χ0) is 14.0. The largest absolute Gasteiger partial charge is 0.508 e. The average molecular weight is 341 g/mol. The highest BCUT2D eigenvalue weighted by Crippen LogP contribution is 2.24. The van der Waals surface area contributed by atoms with Crippen molar-refractivity contribution in [2.75, 3.05) is 6.26 Å². The van der Waals surface area contributed by atoms with Crippen molar-refractivity contribution in [3.05, 3.63) is 49.8 Å². The van der Waals surface area contributed by atoms with Crippen LogP contribution in [-0.2, 0) is 6.42 Å². The molecular formula is C13H13BrN2O2S. The van der Waals surface area contributed by atoms with Crippen molar-refractivity contribution in [2.24, 2.45) is 0 Å². The summed E-state index contributed by atoms with van der Waals surface area (Å²) in [5, 5.41) is 10.4. The van der Waals surface area contributed by atoms with E-state index in [1.807, 2.05) is 6.26 Å². The highest BCUT2D eigenvalue weighted by molar-refractivity contribution is 9.10. The molecule has 1 aromatic heterocycles. The zero-order valence-electron chi connectivity index (χ0n) is 10.5. The van der Waals surface area contributed by atoms with Gasteiger partial charge in [0.15, 0.2) is 5.16 Å². The van der Waals surface area contributed by atoms with Crippen molar-refractivity contribution >= 4 is 27.7 Å². The first-order valence-corrected chi connectivity index (χ1v) is 7.64. The summed E-state index contributed by atoms with van der Waals surface area (Å²) in [5.41, 5.74) is 1.80. The zero-order valence-corrected chi connectivity index (χ0v) is 12.9. The van der Waals surface area contributed by atoms with Crippen LogP contribution >= 0.6 is 27.7 Å². The van der Waals surface area contributed by atoms with Crippen molar-refractivity contribution < 1.29 is 5.11 Å². The van der Waals surface area contributed by atoms with Gasteiger partial charge in [0.2, 0.25) is 0 Å². The molecule has 2 N–H and O–H groups in total. The lowest BCUT2D eigenvalue weighted by atomic mass is 10.0. The Kier molecular flexibility index (Phi) is 4.31. The minimum Gasteiger partial charge on any atom is -0.508 e. The molecule has 0 aliphatic carbocycles. The fraction of sp³-hybridized carbons (Fsp3) is 0.231. The van der Waals surface area contributed by atoms with E-state index in [0.717, 1.165) is 4.47 Å². The van der Waals surface area contributed by atoms with Crippen LogP contribution in [0.15, 0.2) is 32.6 Å². The van der Waals surface area contributed by atoms with Crippen molar-refractivity contribution in [2.45, 2.75) is 18.5 Å². The molecular weight excluding hydrogens is 328 g/mol. The molecule has 0 aliphatic rings. The van der Waals surface area contributed by atoms with Gasteiger partial charge in [-0.2, -0.15) is 0 Å². The molecule has 1 aromatic carbocycles. The number of nitrogens with zero attached hydrogens (tertiary/aromatic N) is 1. The van der Waals surface area contributed by atoms with Gasteiger partial charge in [0.05, 0.1) is 0 Å². The van der Waals surface area contributed by atoms with E-state index in [2.05, 4.69) is 25.9 Å². The van der Waals surface area contributed by atoms with E-state index in [1.165, 1.54) is 11.8 Å². The number of thioether (sulfide) groups is 1. The predicted molar refractivity (Wildman–Crippen MR) is 80.0 cm³/mol. The summed E-state index contributed by atoms with van der Waals surface area (Å²) in [4.78, 5) is 19.1. The topological polar surface area (TPSA) is 66.0 Å². The molecule has 6 heteroatoms. The number of aryl methyl sites for hydroxylation is 1. The van der Waals surface area contributed by atoms with Crippen LogP contribution in [0.2, 0.25) is 0 Å². The number of aromatic nitrogens is 2. The molecule has 2 rings (SSSR count). The Bertz CT molecular complexity index is 670. The maximum atomic E-state index is 12.0. The Balaban J connectivity index is 2.44. The number of benzene rings is 1. The summed E-state index contributed by atoms with van der Waals surface area (Å²) in [5.74, 6) is 0.177. The van der Waals surface area contributed by atoms with Gasteiger partial charge in [-0.25, -0.2) is 4.98 Å². The molecule has 100 valence electrons. The van der Waals surface area contributed by atoms with Gasteiger partial charge in [0.25, 0.3) is 5.56 Å². The Morgan fingerprint density at radius 1 is 1.47 bits per heavy atom. The Labute approximate surface area is 123 Å². The lowest BCUT2D eigenvalue weighted by Crippen LogP contribution is -2.17. The van der Waals surface area contributed by atoms with Gasteiger partial charge in [-0.1, -0.05) is 27.7 Å². The minimum absolute atomic E-state index is 0.156. The molecule has 0 spiro atoms. The highest BCUT2D eigenvalue weighted by Gasteiger charge is 2.11. The van der Waals surface area contributed by atoms with Crippen LogP contribution in [0.5, 0.6) is 5.75 Å². The molecule has 0 unspecified atom stereocenters. The monoisotopic (exact) mass is 340 g/mol. The maximum absolute atomic E-state index is 12.0. The van der Waals surface area contributed by atoms with Gasteiger partial charge < -0.3 is 10.1 Å². The molecule has 4 nitrogen and oxygen atoms in total. The lowest BCUT2D eigenvalue weighted by Gasteiger charge is -2.08. The number of nitrogens with one attached hydrogen (secondary N) is 1. The minimum atomic E-state index is -0.156. The third-order valence-corrected chi connectivity index (χ3v) is 3.88. The van der Waals surface area contributed by atoms with E-state index in [1.54, 1.807) is 25.1 Å². The predicted octanol–water partition coefficient (Wildman–Crippen LogP) is 2.86. The van der Waals surface area contributed by atoms with Crippen molar-refractivity contribution in [3.8, 4) is 5.75 Å². The number of H-pyrrole nitrogens is 1. The molecule has 0 saturated carbocycles. The highest BCUT2D eigenvalue weighted by atomic mass is 79.9. The number of phenols is 1. The van der Waals surface area contributed by atoms with Crippen molar-refractivity contribution in [1.82, 2.24) is 9.97 Å². The summed E-state index contributed by atoms with van der Waals surface area (Å²) < 4.78 is 0.864. The van der Waals surface area contributed by atoms with E-state index < -0.39 is 0 Å². The number of aromatic hydroxyl groups is 1. The first-order chi connectivity index (χ1) is 9.01. The van der Waals surface area contributed by atoms with Crippen LogP contribution in [0.4, 0.5) is 0 Å². The fourth-order valence-corrected chi connectivity index (χ4v) is 2.61. The molecule has 19 heavy (non-hydrogen) atoms. The summed E-state index contributed by atoms with van der Waals surface area (Å²) in [6, 6.07) is 5.16. The fourth-order valence-electron chi connectivity index (χ4n) is 1.78. The molecule has 0 amide bonds. The summed E-state index contributed by atoms with van der Waals surface area (Å²) in [7, 11) is 0. The summed E-state index contributed by atoms with van der Waals surface area (Å²) in [6.07, 6.45) is 2.21. The Hall–Kier alpha value is -1.27. The standard InChI is InChI=1S/C13H13BrN2O2S/c1-7-10(12(18)16-13(15-7)19-2)6-8-5-9(14)3-4-11(8)17/h3-5,17H,6H2,1-2H3,(H,15,16,18). The number of hydrogen-bond acceptors (Lipinski definition) is 4. The molecule has 2 aromatic rings. The number of hydrogen-bond donors (Lipinski definition) is 2. The van der Waals surface area contributed by atoms with Gasteiger partial charge >= 0.3 is 0 Å². The van der Waals surface area contributed by atoms with Crippen LogP contribution in [-0.4, -0.2) is 21.3 Å². The summed E-state index contributed by atoms with van der Waals surface area (Å²) in [6.45, 7) is 1.80. The van der Waals surface area contributed by atoms with Crippen LogP contribution in [0.25, 0.3) is 0 Å². The molecule has 0 bridgehead atoms.